The second-order valence-corrected chi connectivity index (χ2v) is 14.5. The van der Waals surface area contributed by atoms with Crippen molar-refractivity contribution >= 4 is 32.7 Å². The zero-order valence-electron chi connectivity index (χ0n) is 31.8. The lowest BCUT2D eigenvalue weighted by Gasteiger charge is -2.16. The Bertz CT molecular complexity index is 3270. The van der Waals surface area contributed by atoms with Crippen molar-refractivity contribution < 1.29 is 0 Å². The standard InChI is InChI=1S/C53H34N6/c1-4-18-35(19-5-1)45-34-38(39-24-10-11-27-42(39)51-54-46-29-15-12-28-44(46)49(55-51)36-20-6-2-7-21-36)32-33-43(45)52-56-50(37-22-8-3-9-23-37)57-53(58-52)59-47-30-16-13-25-40(47)41-26-14-17-31-48(41)59/h1-34H. The first-order valence-corrected chi connectivity index (χ1v) is 19.7. The van der Waals surface area contributed by atoms with Crippen LogP contribution in [0.25, 0.3) is 106 Å². The number of fused-ring (bicyclic) bond motifs is 4. The minimum atomic E-state index is 0.558. The maximum absolute atomic E-state index is 5.31. The van der Waals surface area contributed by atoms with Gasteiger partial charge in [0.05, 0.1) is 22.2 Å². The SMILES string of the molecule is c1ccc(-c2nc(-c3ccc(-c4ccccc4-c4nc(-c5ccccc5)c5ccccc5n4)cc3-c3ccccc3)nc(-n3c4ccccc4c4ccccc43)n2)cc1. The quantitative estimate of drug-likeness (QED) is 0.162. The van der Waals surface area contributed by atoms with Crippen molar-refractivity contribution in [3.63, 3.8) is 0 Å². The second-order valence-electron chi connectivity index (χ2n) is 14.5. The molecule has 11 aromatic rings. The minimum absolute atomic E-state index is 0.558. The molecule has 0 unspecified atom stereocenters. The monoisotopic (exact) mass is 754 g/mol. The van der Waals surface area contributed by atoms with Crippen molar-refractivity contribution in [1.29, 1.82) is 0 Å². The van der Waals surface area contributed by atoms with Crippen LogP contribution in [0.4, 0.5) is 0 Å². The van der Waals surface area contributed by atoms with Crippen LogP contribution < -0.4 is 0 Å². The molecule has 0 saturated carbocycles. The summed E-state index contributed by atoms with van der Waals surface area (Å²) in [5.41, 5.74) is 11.8. The van der Waals surface area contributed by atoms with E-state index >= 15 is 0 Å². The molecule has 6 nitrogen and oxygen atoms in total. The van der Waals surface area contributed by atoms with E-state index in [1.165, 1.54) is 0 Å². The lowest BCUT2D eigenvalue weighted by atomic mass is 9.92. The summed E-state index contributed by atoms with van der Waals surface area (Å²) in [6, 6.07) is 70.9. The molecule has 59 heavy (non-hydrogen) atoms. The minimum Gasteiger partial charge on any atom is -0.278 e. The van der Waals surface area contributed by atoms with Gasteiger partial charge in [0.25, 0.3) is 0 Å². The van der Waals surface area contributed by atoms with E-state index in [4.69, 9.17) is 24.9 Å². The Balaban J connectivity index is 1.12. The molecule has 0 aliphatic carbocycles. The van der Waals surface area contributed by atoms with Gasteiger partial charge in [-0.05, 0) is 52.6 Å². The molecule has 0 aliphatic heterocycles. The first-order valence-electron chi connectivity index (χ1n) is 19.7. The van der Waals surface area contributed by atoms with Crippen LogP contribution in [0.5, 0.6) is 0 Å². The lowest BCUT2D eigenvalue weighted by Crippen LogP contribution is -2.07. The summed E-state index contributed by atoms with van der Waals surface area (Å²) >= 11 is 0. The fourth-order valence-corrected chi connectivity index (χ4v) is 8.15. The fraction of sp³-hybridized carbons (Fsp3) is 0. The third-order valence-electron chi connectivity index (χ3n) is 10.9. The zero-order chi connectivity index (χ0) is 39.1. The molecule has 0 bridgehead atoms. The van der Waals surface area contributed by atoms with Gasteiger partial charge in [-0.3, -0.25) is 4.57 Å². The molecule has 0 atom stereocenters. The van der Waals surface area contributed by atoms with Gasteiger partial charge >= 0.3 is 0 Å². The summed E-state index contributed by atoms with van der Waals surface area (Å²) in [6.45, 7) is 0. The topological polar surface area (TPSA) is 69.4 Å². The Hall–Kier alpha value is -8.09. The Labute approximate surface area is 340 Å². The van der Waals surface area contributed by atoms with Crippen molar-refractivity contribution in [2.45, 2.75) is 0 Å². The fourth-order valence-electron chi connectivity index (χ4n) is 8.15. The molecule has 6 heteroatoms. The number of rotatable bonds is 7. The highest BCUT2D eigenvalue weighted by molar-refractivity contribution is 6.09. The molecule has 0 fully saturated rings. The number of nitrogens with zero attached hydrogens (tertiary/aromatic N) is 6. The molecule has 3 aromatic heterocycles. The zero-order valence-corrected chi connectivity index (χ0v) is 31.8. The van der Waals surface area contributed by atoms with Gasteiger partial charge in [0, 0.05) is 38.4 Å². The Morgan fingerprint density at radius 3 is 1.49 bits per heavy atom. The van der Waals surface area contributed by atoms with Crippen LogP contribution in [-0.4, -0.2) is 29.5 Å². The Kier molecular flexibility index (Phi) is 8.37. The van der Waals surface area contributed by atoms with Crippen molar-refractivity contribution in [1.82, 2.24) is 29.5 Å². The first kappa shape index (κ1) is 34.2. The Morgan fingerprint density at radius 2 is 0.797 bits per heavy atom. The predicted octanol–water partition coefficient (Wildman–Crippen LogP) is 12.9. The van der Waals surface area contributed by atoms with Gasteiger partial charge in [0.1, 0.15) is 0 Å². The number of aromatic nitrogens is 6. The highest BCUT2D eigenvalue weighted by atomic mass is 15.2. The van der Waals surface area contributed by atoms with Crippen molar-refractivity contribution in [2.75, 3.05) is 0 Å². The van der Waals surface area contributed by atoms with Crippen molar-refractivity contribution in [2.24, 2.45) is 0 Å². The maximum atomic E-state index is 5.31. The van der Waals surface area contributed by atoms with Gasteiger partial charge in [-0.25, -0.2) is 15.0 Å². The maximum Gasteiger partial charge on any atom is 0.238 e. The molecule has 11 rings (SSSR count). The van der Waals surface area contributed by atoms with Crippen LogP contribution in [0.3, 0.4) is 0 Å². The first-order chi connectivity index (χ1) is 29.3. The van der Waals surface area contributed by atoms with Gasteiger partial charge in [-0.2, -0.15) is 9.97 Å². The number of hydrogen-bond acceptors (Lipinski definition) is 5. The largest absolute Gasteiger partial charge is 0.278 e. The molecule has 0 amide bonds. The van der Waals surface area contributed by atoms with Crippen molar-refractivity contribution in [3.8, 4) is 73.6 Å². The average Bonchev–Trinajstić information content (AvgIpc) is 3.66. The molecular formula is C53H34N6. The molecule has 0 N–H and O–H groups in total. The van der Waals surface area contributed by atoms with E-state index in [9.17, 15) is 0 Å². The lowest BCUT2D eigenvalue weighted by molar-refractivity contribution is 0.953. The van der Waals surface area contributed by atoms with E-state index in [1.807, 2.05) is 66.7 Å². The third-order valence-corrected chi connectivity index (χ3v) is 10.9. The number of benzene rings is 8. The summed E-state index contributed by atoms with van der Waals surface area (Å²) < 4.78 is 2.16. The second kappa shape index (κ2) is 14.4. The molecule has 0 spiro atoms. The molecule has 276 valence electrons. The summed E-state index contributed by atoms with van der Waals surface area (Å²) in [7, 11) is 0. The van der Waals surface area contributed by atoms with Gasteiger partial charge in [-0.1, -0.05) is 176 Å². The normalized spacial score (nSPS) is 11.4. The highest BCUT2D eigenvalue weighted by Gasteiger charge is 2.21. The number of para-hydroxylation sites is 3. The third kappa shape index (κ3) is 6.11. The van der Waals surface area contributed by atoms with Crippen LogP contribution in [0.15, 0.2) is 206 Å². The molecule has 8 aromatic carbocycles. The van der Waals surface area contributed by atoms with Gasteiger partial charge < -0.3 is 0 Å². The van der Waals surface area contributed by atoms with E-state index in [0.717, 1.165) is 82.9 Å². The van der Waals surface area contributed by atoms with Crippen LogP contribution in [0, 0.1) is 0 Å². The van der Waals surface area contributed by atoms with Crippen molar-refractivity contribution in [3.05, 3.63) is 206 Å². The molecule has 0 radical (unpaired) electrons. The summed E-state index contributed by atoms with van der Waals surface area (Å²) in [4.78, 5) is 26.1. The van der Waals surface area contributed by atoms with E-state index in [0.29, 0.717) is 23.4 Å². The summed E-state index contributed by atoms with van der Waals surface area (Å²) in [6.07, 6.45) is 0. The van der Waals surface area contributed by atoms with E-state index in [-0.39, 0.29) is 0 Å². The Morgan fingerprint density at radius 1 is 0.288 bits per heavy atom. The number of hydrogen-bond donors (Lipinski definition) is 0. The van der Waals surface area contributed by atoms with E-state index in [2.05, 4.69) is 144 Å². The van der Waals surface area contributed by atoms with Gasteiger partial charge in [0.2, 0.25) is 5.95 Å². The van der Waals surface area contributed by atoms with Gasteiger partial charge in [0.15, 0.2) is 17.5 Å². The van der Waals surface area contributed by atoms with Crippen LogP contribution in [-0.2, 0) is 0 Å². The molecule has 0 aliphatic rings. The van der Waals surface area contributed by atoms with Crippen LogP contribution in [0.2, 0.25) is 0 Å². The van der Waals surface area contributed by atoms with E-state index < -0.39 is 0 Å². The molecular weight excluding hydrogens is 721 g/mol. The molecule has 3 heterocycles. The smallest absolute Gasteiger partial charge is 0.238 e. The van der Waals surface area contributed by atoms with Crippen LogP contribution >= 0.6 is 0 Å². The van der Waals surface area contributed by atoms with Crippen LogP contribution in [0.1, 0.15) is 0 Å². The molecule has 0 saturated heterocycles. The van der Waals surface area contributed by atoms with E-state index in [1.54, 1.807) is 0 Å². The summed E-state index contributed by atoms with van der Waals surface area (Å²) in [5, 5.41) is 3.30. The highest BCUT2D eigenvalue weighted by Crippen LogP contribution is 2.40. The average molecular weight is 755 g/mol. The van der Waals surface area contributed by atoms with Gasteiger partial charge in [-0.15, -0.1) is 0 Å². The summed E-state index contributed by atoms with van der Waals surface area (Å²) in [5.74, 6) is 2.41. The predicted molar refractivity (Wildman–Crippen MR) is 240 cm³/mol.